The van der Waals surface area contributed by atoms with Crippen molar-refractivity contribution < 1.29 is 19.0 Å². The van der Waals surface area contributed by atoms with Crippen LogP contribution in [0.1, 0.15) is 124 Å². The minimum atomic E-state index is -1.26. The third-order valence-electron chi connectivity index (χ3n) is 5.10. The van der Waals surface area contributed by atoms with E-state index in [1.807, 2.05) is 0 Å². The first-order valence-corrected chi connectivity index (χ1v) is 12.1. The van der Waals surface area contributed by atoms with Crippen molar-refractivity contribution in [1.29, 1.82) is 0 Å². The molecular formula is C24H48O4. The van der Waals surface area contributed by atoms with Gasteiger partial charge in [0.15, 0.2) is 0 Å². The molecule has 0 atom stereocenters. The van der Waals surface area contributed by atoms with E-state index in [0.717, 1.165) is 38.5 Å². The lowest BCUT2D eigenvalue weighted by molar-refractivity contribution is -0.241. The van der Waals surface area contributed by atoms with Gasteiger partial charge in [-0.2, -0.15) is 0 Å². The molecule has 0 unspecified atom stereocenters. The molecule has 0 fully saturated rings. The van der Waals surface area contributed by atoms with E-state index in [1.54, 1.807) is 6.92 Å². The molecule has 0 bridgehead atoms. The lowest BCUT2D eigenvalue weighted by Gasteiger charge is -2.28. The van der Waals surface area contributed by atoms with Gasteiger partial charge < -0.3 is 14.2 Å². The molecule has 0 N–H and O–H groups in total. The van der Waals surface area contributed by atoms with Crippen molar-refractivity contribution in [2.45, 2.75) is 130 Å². The monoisotopic (exact) mass is 400 g/mol. The van der Waals surface area contributed by atoms with Crippen molar-refractivity contribution in [2.24, 2.45) is 0 Å². The largest absolute Gasteiger partial charge is 0.462 e. The number of hydrogen-bond acceptors (Lipinski definition) is 4. The van der Waals surface area contributed by atoms with Crippen molar-refractivity contribution in [3.8, 4) is 0 Å². The molecule has 0 heterocycles. The second-order valence-corrected chi connectivity index (χ2v) is 8.02. The summed E-state index contributed by atoms with van der Waals surface area (Å²) in [6.45, 7) is 9.89. The van der Waals surface area contributed by atoms with Crippen LogP contribution in [0.5, 0.6) is 0 Å². The van der Waals surface area contributed by atoms with Gasteiger partial charge in [0.25, 0.3) is 5.79 Å². The molecule has 0 radical (unpaired) electrons. The van der Waals surface area contributed by atoms with E-state index in [1.165, 1.54) is 57.8 Å². The Morgan fingerprint density at radius 2 is 0.929 bits per heavy atom. The minimum absolute atomic E-state index is 0.370. The molecule has 0 spiro atoms. The van der Waals surface area contributed by atoms with Crippen molar-refractivity contribution in [2.75, 3.05) is 19.8 Å². The van der Waals surface area contributed by atoms with E-state index < -0.39 is 5.79 Å². The normalized spacial score (nSPS) is 11.7. The SMILES string of the molecule is CCCCCCCOC(=O)C(C)(OCCCCCCC)OCCCCCCC. The number of ether oxygens (including phenoxy) is 3. The first kappa shape index (κ1) is 27.4. The molecule has 0 rings (SSSR count). The summed E-state index contributed by atoms with van der Waals surface area (Å²) in [5, 5.41) is 0. The van der Waals surface area contributed by atoms with Crippen LogP contribution >= 0.6 is 0 Å². The van der Waals surface area contributed by atoms with Crippen molar-refractivity contribution >= 4 is 5.97 Å². The average molecular weight is 401 g/mol. The molecule has 0 saturated carbocycles. The second kappa shape index (κ2) is 19.7. The zero-order valence-corrected chi connectivity index (χ0v) is 19.4. The summed E-state index contributed by atoms with van der Waals surface area (Å²) in [6.07, 6.45) is 17.3. The van der Waals surface area contributed by atoms with E-state index in [0.29, 0.717) is 19.8 Å². The van der Waals surface area contributed by atoms with Gasteiger partial charge in [0.05, 0.1) is 19.8 Å². The summed E-state index contributed by atoms with van der Waals surface area (Å²) < 4.78 is 17.3. The maximum atomic E-state index is 12.6. The van der Waals surface area contributed by atoms with Crippen LogP contribution in [0.3, 0.4) is 0 Å². The quantitative estimate of drug-likeness (QED) is 0.116. The molecular weight excluding hydrogens is 352 g/mol. The predicted molar refractivity (Wildman–Crippen MR) is 118 cm³/mol. The Morgan fingerprint density at radius 3 is 1.32 bits per heavy atom. The van der Waals surface area contributed by atoms with Crippen LogP contribution in [0.2, 0.25) is 0 Å². The highest BCUT2D eigenvalue weighted by atomic mass is 16.7. The van der Waals surface area contributed by atoms with Gasteiger partial charge in [0, 0.05) is 6.92 Å². The highest BCUT2D eigenvalue weighted by molar-refractivity contribution is 5.77. The predicted octanol–water partition coefficient (Wildman–Crippen LogP) is 7.19. The fourth-order valence-electron chi connectivity index (χ4n) is 3.11. The van der Waals surface area contributed by atoms with Gasteiger partial charge in [-0.05, 0) is 19.3 Å². The van der Waals surface area contributed by atoms with Gasteiger partial charge >= 0.3 is 5.97 Å². The standard InChI is InChI=1S/C24H48O4/c1-5-8-11-14-17-20-26-23(25)24(4,27-21-18-15-12-9-6-2)28-22-19-16-13-10-7-3/h5-22H2,1-4H3. The third kappa shape index (κ3) is 15.3. The number of hydrogen-bond donors (Lipinski definition) is 0. The van der Waals surface area contributed by atoms with Crippen LogP contribution in [0.15, 0.2) is 0 Å². The Morgan fingerprint density at radius 1 is 0.571 bits per heavy atom. The molecule has 4 heteroatoms. The molecule has 0 aliphatic carbocycles. The molecule has 0 aromatic rings. The smallest absolute Gasteiger partial charge is 0.366 e. The summed E-state index contributed by atoms with van der Waals surface area (Å²) in [5.41, 5.74) is 0. The zero-order valence-electron chi connectivity index (χ0n) is 19.4. The first-order chi connectivity index (χ1) is 13.6. The van der Waals surface area contributed by atoms with Gasteiger partial charge in [-0.3, -0.25) is 0 Å². The molecule has 0 aromatic heterocycles. The van der Waals surface area contributed by atoms with Gasteiger partial charge in [-0.1, -0.05) is 97.8 Å². The van der Waals surface area contributed by atoms with E-state index >= 15 is 0 Å². The maximum Gasteiger partial charge on any atom is 0.366 e. The van der Waals surface area contributed by atoms with Crippen LogP contribution in [-0.4, -0.2) is 31.6 Å². The number of rotatable bonds is 21. The Labute approximate surface area is 175 Å². The second-order valence-electron chi connectivity index (χ2n) is 8.02. The van der Waals surface area contributed by atoms with Crippen LogP contribution in [0.4, 0.5) is 0 Å². The Hall–Kier alpha value is -0.610. The molecule has 0 saturated heterocycles. The van der Waals surface area contributed by atoms with Crippen molar-refractivity contribution in [3.05, 3.63) is 0 Å². The van der Waals surface area contributed by atoms with Crippen LogP contribution < -0.4 is 0 Å². The summed E-state index contributed by atoms with van der Waals surface area (Å²) in [7, 11) is 0. The summed E-state index contributed by atoms with van der Waals surface area (Å²) in [4.78, 5) is 12.6. The lowest BCUT2D eigenvalue weighted by atomic mass is 10.1. The molecule has 4 nitrogen and oxygen atoms in total. The third-order valence-corrected chi connectivity index (χ3v) is 5.10. The highest BCUT2D eigenvalue weighted by Crippen LogP contribution is 2.18. The van der Waals surface area contributed by atoms with E-state index in [9.17, 15) is 4.79 Å². The van der Waals surface area contributed by atoms with E-state index in [-0.39, 0.29) is 5.97 Å². The van der Waals surface area contributed by atoms with E-state index in [4.69, 9.17) is 14.2 Å². The van der Waals surface area contributed by atoms with Gasteiger partial charge in [0.2, 0.25) is 0 Å². The van der Waals surface area contributed by atoms with Gasteiger partial charge in [0.1, 0.15) is 0 Å². The molecule has 28 heavy (non-hydrogen) atoms. The molecule has 0 aliphatic heterocycles. The molecule has 168 valence electrons. The van der Waals surface area contributed by atoms with Crippen molar-refractivity contribution in [3.63, 3.8) is 0 Å². The number of esters is 1. The van der Waals surface area contributed by atoms with Crippen LogP contribution in [0.25, 0.3) is 0 Å². The average Bonchev–Trinajstić information content (AvgIpc) is 2.69. The number of unbranched alkanes of at least 4 members (excludes halogenated alkanes) is 12. The van der Waals surface area contributed by atoms with Crippen LogP contribution in [0, 0.1) is 0 Å². The molecule has 0 aliphatic rings. The Kier molecular flexibility index (Phi) is 19.3. The summed E-state index contributed by atoms with van der Waals surface area (Å²) >= 11 is 0. The Bertz CT molecular complexity index is 327. The number of carbonyl (C=O) groups is 1. The fourth-order valence-corrected chi connectivity index (χ4v) is 3.11. The Balaban J connectivity index is 4.28. The topological polar surface area (TPSA) is 44.8 Å². The van der Waals surface area contributed by atoms with Crippen LogP contribution in [-0.2, 0) is 19.0 Å². The lowest BCUT2D eigenvalue weighted by Crippen LogP contribution is -2.43. The molecule has 0 amide bonds. The zero-order chi connectivity index (χ0) is 20.9. The maximum absolute atomic E-state index is 12.6. The fraction of sp³-hybridized carbons (Fsp3) is 0.958. The highest BCUT2D eigenvalue weighted by Gasteiger charge is 2.37. The van der Waals surface area contributed by atoms with Crippen molar-refractivity contribution in [1.82, 2.24) is 0 Å². The number of carbonyl (C=O) groups excluding carboxylic acids is 1. The van der Waals surface area contributed by atoms with Gasteiger partial charge in [-0.15, -0.1) is 0 Å². The van der Waals surface area contributed by atoms with E-state index in [2.05, 4.69) is 20.8 Å². The molecule has 0 aromatic carbocycles. The minimum Gasteiger partial charge on any atom is -0.462 e. The first-order valence-electron chi connectivity index (χ1n) is 12.1. The van der Waals surface area contributed by atoms with Gasteiger partial charge in [-0.25, -0.2) is 4.79 Å². The summed E-state index contributed by atoms with van der Waals surface area (Å²) in [5.74, 6) is -1.64. The summed E-state index contributed by atoms with van der Waals surface area (Å²) in [6, 6.07) is 0.